The van der Waals surface area contributed by atoms with Crippen LogP contribution in [0, 0.1) is 0 Å². The lowest BCUT2D eigenvalue weighted by atomic mass is 10.3. The quantitative estimate of drug-likeness (QED) is 0.638. The molecule has 0 radical (unpaired) electrons. The molecule has 0 aliphatic heterocycles. The number of carbonyl (C=O) groups is 2. The van der Waals surface area contributed by atoms with E-state index in [-0.39, 0.29) is 5.75 Å². The third-order valence-electron chi connectivity index (χ3n) is 1.93. The molecule has 1 amide bonds. The van der Waals surface area contributed by atoms with Crippen molar-refractivity contribution in [1.82, 2.24) is 5.32 Å². The van der Waals surface area contributed by atoms with E-state index >= 15 is 0 Å². The van der Waals surface area contributed by atoms with Gasteiger partial charge in [-0.2, -0.15) is 0 Å². The molecule has 1 rings (SSSR count). The fourth-order valence-corrected chi connectivity index (χ4v) is 1.82. The van der Waals surface area contributed by atoms with Crippen LogP contribution in [0.4, 0.5) is 0 Å². The molecule has 0 spiro atoms. The Balaban J connectivity index is 2.37. The van der Waals surface area contributed by atoms with Crippen LogP contribution in [0.1, 0.15) is 0 Å². The van der Waals surface area contributed by atoms with E-state index in [1.54, 1.807) is 0 Å². The van der Waals surface area contributed by atoms with E-state index in [1.807, 2.05) is 30.3 Å². The predicted octanol–water partition coefficient (Wildman–Crippen LogP) is 0.340. The van der Waals surface area contributed by atoms with Crippen molar-refractivity contribution in [1.29, 1.82) is 0 Å². The third-order valence-corrected chi connectivity index (χ3v) is 2.94. The summed E-state index contributed by atoms with van der Waals surface area (Å²) in [5.41, 5.74) is 0. The van der Waals surface area contributed by atoms with Crippen molar-refractivity contribution in [2.24, 2.45) is 0 Å². The number of carboxylic acid groups (broad SMARTS) is 1. The molecule has 5 nitrogen and oxygen atoms in total. The fourth-order valence-electron chi connectivity index (χ4n) is 1.09. The predicted molar refractivity (Wildman–Crippen MR) is 63.8 cm³/mol. The molecule has 1 atom stereocenters. The van der Waals surface area contributed by atoms with E-state index in [2.05, 4.69) is 5.32 Å². The van der Waals surface area contributed by atoms with Gasteiger partial charge in [0.1, 0.15) is 6.04 Å². The molecule has 0 aliphatic carbocycles. The average molecular weight is 255 g/mol. The van der Waals surface area contributed by atoms with Crippen LogP contribution < -0.4 is 5.32 Å². The zero-order chi connectivity index (χ0) is 12.7. The van der Waals surface area contributed by atoms with Crippen molar-refractivity contribution < 1.29 is 19.8 Å². The molecular weight excluding hydrogens is 242 g/mol. The van der Waals surface area contributed by atoms with Crippen molar-refractivity contribution in [3.63, 3.8) is 0 Å². The van der Waals surface area contributed by atoms with Gasteiger partial charge < -0.3 is 15.5 Å². The molecule has 0 unspecified atom stereocenters. The minimum Gasteiger partial charge on any atom is -0.480 e. The molecular formula is C11H13NO4S. The minimum atomic E-state index is -1.24. The van der Waals surface area contributed by atoms with E-state index in [0.29, 0.717) is 0 Å². The third kappa shape index (κ3) is 4.88. The highest BCUT2D eigenvalue weighted by atomic mass is 32.2. The highest BCUT2D eigenvalue weighted by Crippen LogP contribution is 2.16. The van der Waals surface area contributed by atoms with Gasteiger partial charge >= 0.3 is 5.97 Å². The van der Waals surface area contributed by atoms with Gasteiger partial charge in [-0.05, 0) is 12.1 Å². The molecule has 1 aromatic rings. The zero-order valence-electron chi connectivity index (χ0n) is 9.00. The van der Waals surface area contributed by atoms with Gasteiger partial charge in [0.25, 0.3) is 0 Å². The van der Waals surface area contributed by atoms with Crippen molar-refractivity contribution in [2.45, 2.75) is 10.9 Å². The Hall–Kier alpha value is -1.53. The molecule has 3 N–H and O–H groups in total. The van der Waals surface area contributed by atoms with Gasteiger partial charge in [0.2, 0.25) is 5.91 Å². The van der Waals surface area contributed by atoms with E-state index in [0.717, 1.165) is 4.90 Å². The Morgan fingerprint density at radius 1 is 1.29 bits per heavy atom. The first kappa shape index (κ1) is 13.5. The number of benzene rings is 1. The van der Waals surface area contributed by atoms with E-state index in [1.165, 1.54) is 11.8 Å². The molecule has 0 bridgehead atoms. The number of aliphatic hydroxyl groups is 1. The summed E-state index contributed by atoms with van der Waals surface area (Å²) in [6.07, 6.45) is 0. The SMILES string of the molecule is O=C(CSc1ccccc1)N[C@H](CO)C(=O)O. The first-order valence-electron chi connectivity index (χ1n) is 4.94. The Bertz CT molecular complexity index is 382. The topological polar surface area (TPSA) is 86.6 Å². The van der Waals surface area contributed by atoms with Crippen LogP contribution in [0.15, 0.2) is 35.2 Å². The van der Waals surface area contributed by atoms with Crippen molar-refractivity contribution >= 4 is 23.6 Å². The summed E-state index contributed by atoms with van der Waals surface area (Å²) in [6, 6.07) is 8.06. The summed E-state index contributed by atoms with van der Waals surface area (Å²) in [5.74, 6) is -1.54. The number of nitrogens with one attached hydrogen (secondary N) is 1. The Morgan fingerprint density at radius 2 is 1.94 bits per heavy atom. The summed E-state index contributed by atoms with van der Waals surface area (Å²) in [5, 5.41) is 19.6. The standard InChI is InChI=1S/C11H13NO4S/c13-6-9(11(15)16)12-10(14)7-17-8-4-2-1-3-5-8/h1-5,9,13H,6-7H2,(H,12,14)(H,15,16)/t9-/m1/s1. The Labute approximate surface area is 103 Å². The lowest BCUT2D eigenvalue weighted by Gasteiger charge is -2.11. The molecule has 0 heterocycles. The highest BCUT2D eigenvalue weighted by molar-refractivity contribution is 8.00. The smallest absolute Gasteiger partial charge is 0.328 e. The normalized spacial score (nSPS) is 11.8. The number of rotatable bonds is 6. The van der Waals surface area contributed by atoms with Crippen LogP contribution in [0.5, 0.6) is 0 Å². The van der Waals surface area contributed by atoms with Gasteiger partial charge in [0.15, 0.2) is 0 Å². The van der Waals surface area contributed by atoms with E-state index in [9.17, 15) is 9.59 Å². The average Bonchev–Trinajstić information content (AvgIpc) is 2.34. The Morgan fingerprint density at radius 3 is 2.47 bits per heavy atom. The monoisotopic (exact) mass is 255 g/mol. The number of aliphatic hydroxyl groups excluding tert-OH is 1. The number of thioether (sulfide) groups is 1. The molecule has 0 fully saturated rings. The molecule has 0 aliphatic rings. The van der Waals surface area contributed by atoms with Crippen LogP contribution >= 0.6 is 11.8 Å². The van der Waals surface area contributed by atoms with Crippen LogP contribution in [-0.2, 0) is 9.59 Å². The first-order valence-corrected chi connectivity index (χ1v) is 5.93. The molecule has 1 aromatic carbocycles. The highest BCUT2D eigenvalue weighted by Gasteiger charge is 2.18. The van der Waals surface area contributed by atoms with Gasteiger partial charge in [0, 0.05) is 4.90 Å². The van der Waals surface area contributed by atoms with Crippen molar-refractivity contribution in [2.75, 3.05) is 12.4 Å². The second-order valence-corrected chi connectivity index (χ2v) is 4.29. The van der Waals surface area contributed by atoms with Gasteiger partial charge in [-0.15, -0.1) is 11.8 Å². The van der Waals surface area contributed by atoms with E-state index < -0.39 is 24.5 Å². The van der Waals surface area contributed by atoms with Crippen LogP contribution in [0.3, 0.4) is 0 Å². The largest absolute Gasteiger partial charge is 0.480 e. The summed E-state index contributed by atoms with van der Waals surface area (Å²) < 4.78 is 0. The van der Waals surface area contributed by atoms with Crippen LogP contribution in [0.25, 0.3) is 0 Å². The van der Waals surface area contributed by atoms with Gasteiger partial charge in [-0.25, -0.2) is 4.79 Å². The number of carbonyl (C=O) groups excluding carboxylic acids is 1. The number of hydrogen-bond acceptors (Lipinski definition) is 4. The molecule has 92 valence electrons. The number of hydrogen-bond donors (Lipinski definition) is 3. The number of carboxylic acids is 1. The molecule has 17 heavy (non-hydrogen) atoms. The van der Waals surface area contributed by atoms with Gasteiger partial charge in [-0.1, -0.05) is 18.2 Å². The maximum absolute atomic E-state index is 11.4. The number of amides is 1. The first-order chi connectivity index (χ1) is 8.13. The molecule has 0 saturated carbocycles. The molecule has 6 heteroatoms. The summed E-state index contributed by atoms with van der Waals surface area (Å²) in [6.45, 7) is -0.614. The zero-order valence-corrected chi connectivity index (χ0v) is 9.81. The summed E-state index contributed by atoms with van der Waals surface area (Å²) in [7, 11) is 0. The van der Waals surface area contributed by atoms with Crippen molar-refractivity contribution in [3.8, 4) is 0 Å². The lowest BCUT2D eigenvalue weighted by Crippen LogP contribution is -2.44. The van der Waals surface area contributed by atoms with Crippen LogP contribution in [0.2, 0.25) is 0 Å². The summed E-state index contributed by atoms with van der Waals surface area (Å²) in [4.78, 5) is 22.9. The lowest BCUT2D eigenvalue weighted by molar-refractivity contribution is -0.142. The maximum atomic E-state index is 11.4. The maximum Gasteiger partial charge on any atom is 0.328 e. The second-order valence-electron chi connectivity index (χ2n) is 3.24. The molecule has 0 aromatic heterocycles. The second kappa shape index (κ2) is 6.93. The molecule has 0 saturated heterocycles. The van der Waals surface area contributed by atoms with Gasteiger partial charge in [0.05, 0.1) is 12.4 Å². The Kier molecular flexibility index (Phi) is 5.51. The van der Waals surface area contributed by atoms with Gasteiger partial charge in [-0.3, -0.25) is 4.79 Å². The minimum absolute atomic E-state index is 0.119. The summed E-state index contributed by atoms with van der Waals surface area (Å²) >= 11 is 1.31. The van der Waals surface area contributed by atoms with E-state index in [4.69, 9.17) is 10.2 Å². The van der Waals surface area contributed by atoms with Crippen molar-refractivity contribution in [3.05, 3.63) is 30.3 Å². The fraction of sp³-hybridized carbons (Fsp3) is 0.273. The number of aliphatic carboxylic acids is 1. The van der Waals surface area contributed by atoms with Crippen LogP contribution in [-0.4, -0.2) is 40.5 Å².